The smallest absolute Gasteiger partial charge is 0.245 e. The highest BCUT2D eigenvalue weighted by Crippen LogP contribution is 2.15. The molecule has 3 aromatic rings. The molecule has 0 aliphatic carbocycles. The number of rotatable bonds is 5. The number of aromatic nitrogens is 4. The number of hydrogen-bond acceptors (Lipinski definition) is 7. The zero-order chi connectivity index (χ0) is 15.9. The molecule has 23 heavy (non-hydrogen) atoms. The molecule has 0 unspecified atom stereocenters. The molecular formula is C16H13N7. The lowest BCUT2D eigenvalue weighted by atomic mass is 10.2. The summed E-state index contributed by atoms with van der Waals surface area (Å²) in [4.78, 5) is 8.56. The third-order valence-electron chi connectivity index (χ3n) is 3.00. The molecule has 112 valence electrons. The quantitative estimate of drug-likeness (QED) is 0.747. The van der Waals surface area contributed by atoms with Crippen molar-refractivity contribution < 1.29 is 0 Å². The first kappa shape index (κ1) is 14.4. The lowest BCUT2D eigenvalue weighted by molar-refractivity contribution is 0.934. The molecule has 7 heteroatoms. The third-order valence-corrected chi connectivity index (χ3v) is 3.00. The van der Waals surface area contributed by atoms with Crippen molar-refractivity contribution in [1.29, 1.82) is 5.26 Å². The molecule has 1 aromatic carbocycles. The molecule has 0 aliphatic rings. The average molecular weight is 303 g/mol. The maximum atomic E-state index is 8.79. The van der Waals surface area contributed by atoms with Gasteiger partial charge in [-0.15, -0.1) is 5.10 Å². The van der Waals surface area contributed by atoms with Gasteiger partial charge in [0.25, 0.3) is 0 Å². The molecule has 0 saturated carbocycles. The van der Waals surface area contributed by atoms with Gasteiger partial charge in [-0.3, -0.25) is 4.98 Å². The van der Waals surface area contributed by atoms with E-state index in [0.717, 1.165) is 11.4 Å². The Balaban J connectivity index is 1.66. The fourth-order valence-electron chi connectivity index (χ4n) is 1.89. The van der Waals surface area contributed by atoms with E-state index in [1.54, 1.807) is 18.3 Å². The number of benzene rings is 1. The van der Waals surface area contributed by atoms with Gasteiger partial charge in [0.05, 0.1) is 30.1 Å². The Kier molecular flexibility index (Phi) is 4.36. The van der Waals surface area contributed by atoms with Gasteiger partial charge >= 0.3 is 0 Å². The maximum Gasteiger partial charge on any atom is 0.245 e. The predicted molar refractivity (Wildman–Crippen MR) is 85.8 cm³/mol. The molecule has 0 saturated heterocycles. The van der Waals surface area contributed by atoms with Crippen molar-refractivity contribution in [3.8, 4) is 6.07 Å². The van der Waals surface area contributed by atoms with E-state index in [4.69, 9.17) is 5.26 Å². The van der Waals surface area contributed by atoms with Crippen LogP contribution in [0.25, 0.3) is 0 Å². The van der Waals surface area contributed by atoms with Crippen LogP contribution in [0.4, 0.5) is 17.5 Å². The van der Waals surface area contributed by atoms with Gasteiger partial charge < -0.3 is 10.6 Å². The monoisotopic (exact) mass is 303 g/mol. The lowest BCUT2D eigenvalue weighted by Gasteiger charge is -2.07. The summed E-state index contributed by atoms with van der Waals surface area (Å²) in [6.07, 6.45) is 3.27. The zero-order valence-corrected chi connectivity index (χ0v) is 12.1. The molecule has 3 rings (SSSR count). The van der Waals surface area contributed by atoms with Crippen LogP contribution >= 0.6 is 0 Å². The van der Waals surface area contributed by atoms with E-state index in [9.17, 15) is 0 Å². The van der Waals surface area contributed by atoms with Crippen LogP contribution < -0.4 is 10.6 Å². The Hall–Kier alpha value is -3.53. The minimum atomic E-state index is 0.411. The van der Waals surface area contributed by atoms with Gasteiger partial charge in [0.15, 0.2) is 5.82 Å². The Labute approximate surface area is 133 Å². The van der Waals surface area contributed by atoms with Crippen molar-refractivity contribution in [2.45, 2.75) is 6.54 Å². The number of nitrogens with zero attached hydrogens (tertiary/aromatic N) is 5. The van der Waals surface area contributed by atoms with E-state index in [2.05, 4.69) is 36.9 Å². The predicted octanol–water partition coefficient (Wildman–Crippen LogP) is 2.49. The average Bonchev–Trinajstić information content (AvgIpc) is 2.62. The van der Waals surface area contributed by atoms with Crippen molar-refractivity contribution >= 4 is 17.5 Å². The number of hydrogen-bond donors (Lipinski definition) is 2. The van der Waals surface area contributed by atoms with Gasteiger partial charge in [0, 0.05) is 11.9 Å². The minimum absolute atomic E-state index is 0.411. The Morgan fingerprint density at radius 2 is 1.96 bits per heavy atom. The van der Waals surface area contributed by atoms with Crippen LogP contribution in [0.2, 0.25) is 0 Å². The molecule has 0 spiro atoms. The van der Waals surface area contributed by atoms with Gasteiger partial charge in [-0.1, -0.05) is 6.07 Å². The second-order valence-electron chi connectivity index (χ2n) is 4.65. The molecule has 2 heterocycles. The summed E-state index contributed by atoms with van der Waals surface area (Å²) in [6.45, 7) is 0.517. The molecule has 0 bridgehead atoms. The maximum absolute atomic E-state index is 8.79. The Morgan fingerprint density at radius 3 is 2.70 bits per heavy atom. The summed E-state index contributed by atoms with van der Waals surface area (Å²) in [6, 6.07) is 14.9. The summed E-state index contributed by atoms with van der Waals surface area (Å²) in [5.74, 6) is 0.975. The van der Waals surface area contributed by atoms with Crippen LogP contribution in [0.1, 0.15) is 11.3 Å². The van der Waals surface area contributed by atoms with Crippen LogP contribution in [0.3, 0.4) is 0 Å². The fraction of sp³-hybridized carbons (Fsp3) is 0.0625. The molecule has 0 fully saturated rings. The first-order valence-corrected chi connectivity index (χ1v) is 6.94. The van der Waals surface area contributed by atoms with E-state index < -0.39 is 0 Å². The Bertz CT molecular complexity index is 810. The first-order valence-electron chi connectivity index (χ1n) is 6.94. The number of nitrogens with one attached hydrogen (secondary N) is 2. The lowest BCUT2D eigenvalue weighted by Crippen LogP contribution is -2.07. The largest absolute Gasteiger partial charge is 0.347 e. The van der Waals surface area contributed by atoms with E-state index in [1.807, 2.05) is 30.3 Å². The molecule has 0 radical (unpaired) electrons. The highest BCUT2D eigenvalue weighted by molar-refractivity contribution is 5.57. The third kappa shape index (κ3) is 3.98. The molecular weight excluding hydrogens is 290 g/mol. The van der Waals surface area contributed by atoms with Crippen LogP contribution in [0, 0.1) is 11.3 Å². The standard InChI is InChI=1S/C16H13N7/c17-9-12-4-6-13(7-5-12)21-15-11-20-23-16(22-15)19-10-14-3-1-2-8-18-14/h1-8,11H,10H2,(H2,19,21,22,23). The highest BCUT2D eigenvalue weighted by Gasteiger charge is 2.02. The van der Waals surface area contributed by atoms with E-state index >= 15 is 0 Å². The summed E-state index contributed by atoms with van der Waals surface area (Å²) >= 11 is 0. The molecule has 0 aliphatic heterocycles. The van der Waals surface area contributed by atoms with Gasteiger partial charge in [0.2, 0.25) is 5.95 Å². The van der Waals surface area contributed by atoms with Crippen molar-refractivity contribution in [3.05, 3.63) is 66.1 Å². The zero-order valence-electron chi connectivity index (χ0n) is 12.1. The van der Waals surface area contributed by atoms with Gasteiger partial charge in [-0.25, -0.2) is 0 Å². The summed E-state index contributed by atoms with van der Waals surface area (Å²) in [7, 11) is 0. The Morgan fingerprint density at radius 1 is 1.09 bits per heavy atom. The summed E-state index contributed by atoms with van der Waals surface area (Å²) < 4.78 is 0. The molecule has 7 nitrogen and oxygen atoms in total. The number of nitriles is 1. The van der Waals surface area contributed by atoms with Crippen LogP contribution in [0.5, 0.6) is 0 Å². The van der Waals surface area contributed by atoms with E-state index in [0.29, 0.717) is 23.9 Å². The van der Waals surface area contributed by atoms with Crippen molar-refractivity contribution in [2.75, 3.05) is 10.6 Å². The summed E-state index contributed by atoms with van der Waals surface area (Å²) in [5, 5.41) is 22.8. The minimum Gasteiger partial charge on any atom is -0.347 e. The second-order valence-corrected chi connectivity index (χ2v) is 4.65. The SMILES string of the molecule is N#Cc1ccc(Nc2cnnc(NCc3ccccn3)n2)cc1. The van der Waals surface area contributed by atoms with Crippen molar-refractivity contribution in [2.24, 2.45) is 0 Å². The summed E-state index contributed by atoms with van der Waals surface area (Å²) in [5.41, 5.74) is 2.32. The van der Waals surface area contributed by atoms with E-state index in [-0.39, 0.29) is 0 Å². The molecule has 2 N–H and O–H groups in total. The number of pyridine rings is 1. The van der Waals surface area contributed by atoms with Crippen LogP contribution in [-0.4, -0.2) is 20.2 Å². The topological polar surface area (TPSA) is 99.4 Å². The molecule has 2 aromatic heterocycles. The van der Waals surface area contributed by atoms with Crippen molar-refractivity contribution in [1.82, 2.24) is 20.2 Å². The molecule has 0 atom stereocenters. The molecule has 0 amide bonds. The normalized spacial score (nSPS) is 9.87. The second kappa shape index (κ2) is 6.95. The number of anilines is 3. The van der Waals surface area contributed by atoms with Crippen molar-refractivity contribution in [3.63, 3.8) is 0 Å². The van der Waals surface area contributed by atoms with Crippen LogP contribution in [-0.2, 0) is 6.54 Å². The highest BCUT2D eigenvalue weighted by atomic mass is 15.3. The van der Waals surface area contributed by atoms with Gasteiger partial charge in [-0.2, -0.15) is 15.3 Å². The first-order chi connectivity index (χ1) is 11.3. The van der Waals surface area contributed by atoms with Gasteiger partial charge in [-0.05, 0) is 36.4 Å². The van der Waals surface area contributed by atoms with Gasteiger partial charge in [0.1, 0.15) is 0 Å². The van der Waals surface area contributed by atoms with Crippen LogP contribution in [0.15, 0.2) is 54.9 Å². The van der Waals surface area contributed by atoms with E-state index in [1.165, 1.54) is 6.20 Å². The fourth-order valence-corrected chi connectivity index (χ4v) is 1.89.